The maximum absolute atomic E-state index is 12.2. The van der Waals surface area contributed by atoms with Crippen LogP contribution in [0.4, 0.5) is 5.69 Å². The van der Waals surface area contributed by atoms with Crippen LogP contribution in [0.2, 0.25) is 5.02 Å². The number of anilines is 1. The molecule has 1 aliphatic carbocycles. The molecular formula is C13H18ClN3O3. The average molecular weight is 300 g/mol. The van der Waals surface area contributed by atoms with Crippen molar-refractivity contribution in [3.8, 4) is 0 Å². The Morgan fingerprint density at radius 1 is 1.60 bits per heavy atom. The molecule has 0 bridgehead atoms. The van der Waals surface area contributed by atoms with Crippen molar-refractivity contribution >= 4 is 23.3 Å². The number of carbonyl (C=O) groups excluding carboxylic acids is 1. The number of halogens is 1. The molecule has 0 atom stereocenters. The van der Waals surface area contributed by atoms with Gasteiger partial charge in [-0.05, 0) is 18.8 Å². The molecule has 0 spiro atoms. The Bertz CT molecular complexity index is 540. The second kappa shape index (κ2) is 6.74. The van der Waals surface area contributed by atoms with E-state index in [-0.39, 0.29) is 23.0 Å². The molecule has 1 heterocycles. The molecule has 0 aliphatic heterocycles. The highest BCUT2D eigenvalue weighted by molar-refractivity contribution is 6.33. The van der Waals surface area contributed by atoms with Crippen LogP contribution in [0, 0.1) is 5.92 Å². The SMILES string of the molecule is COC(=O)CCNc1c(Cl)cnn(CC2CCC2)c1=O. The monoisotopic (exact) mass is 299 g/mol. The van der Waals surface area contributed by atoms with E-state index in [0.717, 1.165) is 12.8 Å². The molecule has 1 saturated carbocycles. The Labute approximate surface area is 122 Å². The number of rotatable bonds is 6. The molecular weight excluding hydrogens is 282 g/mol. The van der Waals surface area contributed by atoms with Crippen molar-refractivity contribution in [2.24, 2.45) is 5.92 Å². The van der Waals surface area contributed by atoms with Gasteiger partial charge in [0, 0.05) is 13.1 Å². The third-order valence-electron chi connectivity index (χ3n) is 3.51. The molecule has 0 unspecified atom stereocenters. The van der Waals surface area contributed by atoms with Gasteiger partial charge in [-0.15, -0.1) is 0 Å². The van der Waals surface area contributed by atoms with Crippen molar-refractivity contribution in [2.45, 2.75) is 32.2 Å². The largest absolute Gasteiger partial charge is 0.469 e. The predicted molar refractivity (Wildman–Crippen MR) is 76.0 cm³/mol. The highest BCUT2D eigenvalue weighted by atomic mass is 35.5. The molecule has 2 rings (SSSR count). The molecule has 0 saturated heterocycles. The van der Waals surface area contributed by atoms with Crippen molar-refractivity contribution in [3.63, 3.8) is 0 Å². The third kappa shape index (κ3) is 3.50. The van der Waals surface area contributed by atoms with E-state index in [2.05, 4.69) is 15.2 Å². The molecule has 1 fully saturated rings. The van der Waals surface area contributed by atoms with E-state index in [0.29, 0.717) is 24.7 Å². The highest BCUT2D eigenvalue weighted by Crippen LogP contribution is 2.27. The summed E-state index contributed by atoms with van der Waals surface area (Å²) in [4.78, 5) is 23.3. The fraction of sp³-hybridized carbons (Fsp3) is 0.615. The van der Waals surface area contributed by atoms with Crippen LogP contribution in [0.3, 0.4) is 0 Å². The number of esters is 1. The van der Waals surface area contributed by atoms with Gasteiger partial charge in [-0.1, -0.05) is 18.0 Å². The van der Waals surface area contributed by atoms with E-state index in [1.165, 1.54) is 24.4 Å². The first-order chi connectivity index (χ1) is 9.61. The van der Waals surface area contributed by atoms with E-state index >= 15 is 0 Å². The Hall–Kier alpha value is -1.56. The number of nitrogens with one attached hydrogen (secondary N) is 1. The van der Waals surface area contributed by atoms with Gasteiger partial charge in [0.2, 0.25) is 0 Å². The molecule has 1 N–H and O–H groups in total. The zero-order valence-corrected chi connectivity index (χ0v) is 12.2. The maximum Gasteiger partial charge on any atom is 0.307 e. The number of hydrogen-bond acceptors (Lipinski definition) is 5. The molecule has 7 heteroatoms. The van der Waals surface area contributed by atoms with Crippen molar-refractivity contribution in [2.75, 3.05) is 19.0 Å². The lowest BCUT2D eigenvalue weighted by molar-refractivity contribution is -0.140. The van der Waals surface area contributed by atoms with Gasteiger partial charge in [-0.25, -0.2) is 4.68 Å². The minimum absolute atomic E-state index is 0.178. The summed E-state index contributed by atoms with van der Waals surface area (Å²) < 4.78 is 5.98. The van der Waals surface area contributed by atoms with Gasteiger partial charge in [-0.3, -0.25) is 9.59 Å². The molecule has 6 nitrogen and oxygen atoms in total. The Morgan fingerprint density at radius 2 is 2.35 bits per heavy atom. The third-order valence-corrected chi connectivity index (χ3v) is 3.80. The normalized spacial score (nSPS) is 14.7. The summed E-state index contributed by atoms with van der Waals surface area (Å²) >= 11 is 5.98. The van der Waals surface area contributed by atoms with Gasteiger partial charge < -0.3 is 10.1 Å². The van der Waals surface area contributed by atoms with Gasteiger partial charge in [0.05, 0.1) is 24.8 Å². The molecule has 1 aliphatic rings. The summed E-state index contributed by atoms with van der Waals surface area (Å²) in [5.41, 5.74) is 0.0548. The lowest BCUT2D eigenvalue weighted by Gasteiger charge is -2.25. The standard InChI is InChI=1S/C13H18ClN3O3/c1-20-11(18)5-6-15-12-10(14)7-16-17(13(12)19)8-9-3-2-4-9/h7,9,15H,2-6,8H2,1H3. The van der Waals surface area contributed by atoms with Crippen LogP contribution in [-0.4, -0.2) is 29.4 Å². The Balaban J connectivity index is 2.04. The summed E-state index contributed by atoms with van der Waals surface area (Å²) in [6.07, 6.45) is 5.14. The van der Waals surface area contributed by atoms with Gasteiger partial charge in [-0.2, -0.15) is 5.10 Å². The van der Waals surface area contributed by atoms with Gasteiger partial charge in [0.25, 0.3) is 5.56 Å². The van der Waals surface area contributed by atoms with E-state index in [9.17, 15) is 9.59 Å². The quantitative estimate of drug-likeness (QED) is 0.809. The summed E-state index contributed by atoms with van der Waals surface area (Å²) in [5.74, 6) is 0.196. The zero-order valence-electron chi connectivity index (χ0n) is 11.4. The molecule has 0 radical (unpaired) electrons. The number of ether oxygens (including phenoxy) is 1. The van der Waals surface area contributed by atoms with Crippen LogP contribution < -0.4 is 10.9 Å². The van der Waals surface area contributed by atoms with Gasteiger partial charge in [0.1, 0.15) is 5.69 Å². The summed E-state index contributed by atoms with van der Waals surface area (Å²) in [6, 6.07) is 0. The second-order valence-electron chi connectivity index (χ2n) is 4.90. The fourth-order valence-corrected chi connectivity index (χ4v) is 2.26. The van der Waals surface area contributed by atoms with Crippen molar-refractivity contribution in [1.29, 1.82) is 0 Å². The van der Waals surface area contributed by atoms with Crippen LogP contribution in [0.5, 0.6) is 0 Å². The van der Waals surface area contributed by atoms with Crippen molar-refractivity contribution in [3.05, 3.63) is 21.6 Å². The van der Waals surface area contributed by atoms with E-state index in [4.69, 9.17) is 11.6 Å². The van der Waals surface area contributed by atoms with E-state index in [1.807, 2.05) is 0 Å². The summed E-state index contributed by atoms with van der Waals surface area (Å²) in [6.45, 7) is 0.927. The Morgan fingerprint density at radius 3 is 2.95 bits per heavy atom. The molecule has 1 aromatic rings. The number of aromatic nitrogens is 2. The van der Waals surface area contributed by atoms with E-state index in [1.54, 1.807) is 0 Å². The van der Waals surface area contributed by atoms with Crippen molar-refractivity contribution in [1.82, 2.24) is 9.78 Å². The Kier molecular flexibility index (Phi) is 5.00. The second-order valence-corrected chi connectivity index (χ2v) is 5.31. The molecule has 110 valence electrons. The number of carbonyl (C=O) groups is 1. The van der Waals surface area contributed by atoms with Gasteiger partial charge >= 0.3 is 5.97 Å². The number of nitrogens with zero attached hydrogens (tertiary/aromatic N) is 2. The predicted octanol–water partition coefficient (Wildman–Crippen LogP) is 1.67. The molecule has 0 amide bonds. The van der Waals surface area contributed by atoms with Crippen LogP contribution in [0.1, 0.15) is 25.7 Å². The first-order valence-electron chi connectivity index (χ1n) is 6.68. The minimum Gasteiger partial charge on any atom is -0.469 e. The van der Waals surface area contributed by atoms with Crippen LogP contribution in [-0.2, 0) is 16.1 Å². The molecule has 1 aromatic heterocycles. The lowest BCUT2D eigenvalue weighted by Crippen LogP contribution is -2.31. The van der Waals surface area contributed by atoms with Gasteiger partial charge in [0.15, 0.2) is 0 Å². The maximum atomic E-state index is 12.2. The zero-order chi connectivity index (χ0) is 14.5. The van der Waals surface area contributed by atoms with Crippen molar-refractivity contribution < 1.29 is 9.53 Å². The number of methoxy groups -OCH3 is 1. The minimum atomic E-state index is -0.336. The highest BCUT2D eigenvalue weighted by Gasteiger charge is 2.20. The smallest absolute Gasteiger partial charge is 0.307 e. The topological polar surface area (TPSA) is 73.2 Å². The molecule has 20 heavy (non-hydrogen) atoms. The summed E-state index contributed by atoms with van der Waals surface area (Å²) in [7, 11) is 1.33. The molecule has 0 aromatic carbocycles. The van der Waals surface area contributed by atoms with Crippen LogP contribution in [0.25, 0.3) is 0 Å². The van der Waals surface area contributed by atoms with E-state index < -0.39 is 0 Å². The summed E-state index contributed by atoms with van der Waals surface area (Å²) in [5, 5.41) is 7.22. The average Bonchev–Trinajstić information content (AvgIpc) is 2.39. The first-order valence-corrected chi connectivity index (χ1v) is 7.06. The lowest BCUT2D eigenvalue weighted by atomic mass is 9.85. The fourth-order valence-electron chi connectivity index (χ4n) is 2.07. The first kappa shape index (κ1) is 14.8. The number of hydrogen-bond donors (Lipinski definition) is 1. The van der Waals surface area contributed by atoms with Crippen LogP contribution >= 0.6 is 11.6 Å². The van der Waals surface area contributed by atoms with Crippen LogP contribution in [0.15, 0.2) is 11.0 Å².